The standard InChI is InChI=1S/C24H38O6/c1-6-7-13-23(5,29)14-9-15-24(16-10-17-25,18-11-8-12-19(18)26)30-20(21(27)28)22(2,3)4/h9,15,18,20,25,29H,6-8,11-14,17H2,1-5H3,(H,27,28)/b15-9+/t18-,20+,23?,24?/m0/s1. The number of aliphatic hydroxyl groups is 2. The van der Waals surface area contributed by atoms with Gasteiger partial charge in [-0.15, -0.1) is 0 Å². The number of hydrogen-bond acceptors (Lipinski definition) is 5. The molecule has 1 rings (SSSR count). The van der Waals surface area contributed by atoms with Gasteiger partial charge in [0.1, 0.15) is 12.4 Å². The predicted molar refractivity (Wildman–Crippen MR) is 116 cm³/mol. The summed E-state index contributed by atoms with van der Waals surface area (Å²) in [6, 6.07) is 0. The Morgan fingerprint density at radius 3 is 2.47 bits per heavy atom. The molecule has 30 heavy (non-hydrogen) atoms. The normalized spacial score (nSPS) is 22.2. The first-order valence-electron chi connectivity index (χ1n) is 10.8. The fourth-order valence-corrected chi connectivity index (χ4v) is 3.78. The molecule has 0 amide bonds. The van der Waals surface area contributed by atoms with Gasteiger partial charge < -0.3 is 20.1 Å². The molecule has 3 N–H and O–H groups in total. The van der Waals surface area contributed by atoms with Crippen LogP contribution in [0.5, 0.6) is 0 Å². The summed E-state index contributed by atoms with van der Waals surface area (Å²) < 4.78 is 6.14. The number of carbonyl (C=O) groups is 2. The zero-order valence-corrected chi connectivity index (χ0v) is 19.0. The van der Waals surface area contributed by atoms with Crippen molar-refractivity contribution < 1.29 is 29.6 Å². The van der Waals surface area contributed by atoms with Crippen molar-refractivity contribution in [3.05, 3.63) is 12.2 Å². The molecule has 0 aliphatic heterocycles. The Morgan fingerprint density at radius 2 is 2.00 bits per heavy atom. The van der Waals surface area contributed by atoms with Crippen molar-refractivity contribution in [3.63, 3.8) is 0 Å². The molecule has 0 aromatic heterocycles. The highest BCUT2D eigenvalue weighted by molar-refractivity contribution is 5.85. The van der Waals surface area contributed by atoms with Gasteiger partial charge in [0.2, 0.25) is 0 Å². The largest absolute Gasteiger partial charge is 0.479 e. The fraction of sp³-hybridized carbons (Fsp3) is 0.750. The molecular formula is C24H38O6. The molecule has 0 bridgehead atoms. The summed E-state index contributed by atoms with van der Waals surface area (Å²) in [6.07, 6.45) is 6.59. The SMILES string of the molecule is CCCCC(C)(O)C/C=C/C(C#CCO)(O[C@H](C(=O)O)C(C)(C)C)[C@H]1CCCC1=O. The second-order valence-corrected chi connectivity index (χ2v) is 9.57. The maximum atomic E-state index is 12.6. The third kappa shape index (κ3) is 7.54. The number of carboxylic acids is 1. The molecule has 4 atom stereocenters. The number of unbranched alkanes of at least 4 members (excludes halogenated alkanes) is 1. The van der Waals surface area contributed by atoms with Crippen molar-refractivity contribution >= 4 is 11.8 Å². The summed E-state index contributed by atoms with van der Waals surface area (Å²) in [6.45, 7) is 8.65. The number of carbonyl (C=O) groups excluding carboxylic acids is 1. The number of ether oxygens (including phenoxy) is 1. The number of Topliss-reactive ketones (excluding diaryl/α,β-unsaturated/α-hetero) is 1. The lowest BCUT2D eigenvalue weighted by molar-refractivity contribution is -0.172. The van der Waals surface area contributed by atoms with Crippen molar-refractivity contribution in [1.82, 2.24) is 0 Å². The number of aliphatic hydroxyl groups excluding tert-OH is 1. The van der Waals surface area contributed by atoms with Gasteiger partial charge in [0.05, 0.1) is 11.5 Å². The Hall–Kier alpha value is -1.68. The van der Waals surface area contributed by atoms with E-state index in [-0.39, 0.29) is 5.78 Å². The van der Waals surface area contributed by atoms with Crippen LogP contribution in [-0.2, 0) is 14.3 Å². The maximum absolute atomic E-state index is 12.6. The minimum absolute atomic E-state index is 0.0253. The highest BCUT2D eigenvalue weighted by Gasteiger charge is 2.48. The van der Waals surface area contributed by atoms with Crippen molar-refractivity contribution in [1.29, 1.82) is 0 Å². The monoisotopic (exact) mass is 422 g/mol. The summed E-state index contributed by atoms with van der Waals surface area (Å²) in [5.74, 6) is 3.68. The van der Waals surface area contributed by atoms with Crippen LogP contribution < -0.4 is 0 Å². The van der Waals surface area contributed by atoms with Crippen LogP contribution in [0, 0.1) is 23.2 Å². The number of ketones is 1. The van der Waals surface area contributed by atoms with E-state index in [9.17, 15) is 24.9 Å². The molecule has 1 aliphatic carbocycles. The molecule has 0 spiro atoms. The minimum Gasteiger partial charge on any atom is -0.479 e. The lowest BCUT2D eigenvalue weighted by Gasteiger charge is -2.38. The first-order chi connectivity index (χ1) is 13.9. The fourth-order valence-electron chi connectivity index (χ4n) is 3.78. The van der Waals surface area contributed by atoms with Crippen molar-refractivity contribution in [2.75, 3.05) is 6.61 Å². The molecule has 1 aliphatic rings. The summed E-state index contributed by atoms with van der Waals surface area (Å²) in [5, 5.41) is 29.7. The van der Waals surface area contributed by atoms with Gasteiger partial charge in [0, 0.05) is 6.42 Å². The third-order valence-corrected chi connectivity index (χ3v) is 5.50. The smallest absolute Gasteiger partial charge is 0.333 e. The molecule has 0 radical (unpaired) electrons. The third-order valence-electron chi connectivity index (χ3n) is 5.50. The Balaban J connectivity index is 3.38. The van der Waals surface area contributed by atoms with Gasteiger partial charge in [-0.05, 0) is 44.1 Å². The molecule has 0 heterocycles. The van der Waals surface area contributed by atoms with Crippen LogP contribution in [0.15, 0.2) is 12.2 Å². The molecule has 2 unspecified atom stereocenters. The highest BCUT2D eigenvalue weighted by Crippen LogP contribution is 2.39. The van der Waals surface area contributed by atoms with Gasteiger partial charge in [-0.3, -0.25) is 4.79 Å². The molecular weight excluding hydrogens is 384 g/mol. The minimum atomic E-state index is -1.46. The van der Waals surface area contributed by atoms with Gasteiger partial charge in [0.15, 0.2) is 11.7 Å². The van der Waals surface area contributed by atoms with E-state index in [1.54, 1.807) is 39.8 Å². The van der Waals surface area contributed by atoms with Crippen LogP contribution in [0.25, 0.3) is 0 Å². The van der Waals surface area contributed by atoms with E-state index in [1.165, 1.54) is 0 Å². The van der Waals surface area contributed by atoms with Gasteiger partial charge >= 0.3 is 5.97 Å². The van der Waals surface area contributed by atoms with Crippen molar-refractivity contribution in [2.24, 2.45) is 11.3 Å². The van der Waals surface area contributed by atoms with Crippen LogP contribution in [0.1, 0.15) is 79.6 Å². The van der Waals surface area contributed by atoms with Crippen LogP contribution in [-0.4, -0.2) is 51.0 Å². The first kappa shape index (κ1) is 26.4. The lowest BCUT2D eigenvalue weighted by Crippen LogP contribution is -2.49. The van der Waals surface area contributed by atoms with E-state index < -0.39 is 41.2 Å². The molecule has 6 nitrogen and oxygen atoms in total. The number of aliphatic carboxylic acids is 1. The molecule has 6 heteroatoms. The van der Waals surface area contributed by atoms with E-state index in [2.05, 4.69) is 18.8 Å². The average Bonchev–Trinajstić information content (AvgIpc) is 3.07. The lowest BCUT2D eigenvalue weighted by atomic mass is 9.82. The Bertz CT molecular complexity index is 676. The number of rotatable bonds is 10. The highest BCUT2D eigenvalue weighted by atomic mass is 16.5. The average molecular weight is 423 g/mol. The van der Waals surface area contributed by atoms with Gasteiger partial charge in [-0.25, -0.2) is 4.79 Å². The van der Waals surface area contributed by atoms with Crippen molar-refractivity contribution in [2.45, 2.75) is 96.9 Å². The topological polar surface area (TPSA) is 104 Å². The van der Waals surface area contributed by atoms with Gasteiger partial charge in [-0.1, -0.05) is 58.5 Å². The van der Waals surface area contributed by atoms with E-state index in [4.69, 9.17) is 4.74 Å². The van der Waals surface area contributed by atoms with E-state index in [0.29, 0.717) is 32.1 Å². The van der Waals surface area contributed by atoms with Crippen LogP contribution >= 0.6 is 0 Å². The maximum Gasteiger partial charge on any atom is 0.333 e. The molecule has 0 aromatic rings. The molecule has 0 aromatic carbocycles. The zero-order chi connectivity index (χ0) is 23.0. The molecule has 170 valence electrons. The summed E-state index contributed by atoms with van der Waals surface area (Å²) in [5.41, 5.74) is -3.12. The number of carboxylic acid groups (broad SMARTS) is 1. The summed E-state index contributed by atoms with van der Waals surface area (Å²) in [4.78, 5) is 24.6. The first-order valence-corrected chi connectivity index (χ1v) is 10.8. The molecule has 1 saturated carbocycles. The van der Waals surface area contributed by atoms with Gasteiger partial charge in [-0.2, -0.15) is 0 Å². The van der Waals surface area contributed by atoms with Crippen molar-refractivity contribution in [3.8, 4) is 11.8 Å². The van der Waals surface area contributed by atoms with E-state index in [0.717, 1.165) is 12.8 Å². The van der Waals surface area contributed by atoms with E-state index in [1.807, 2.05) is 0 Å². The second kappa shape index (κ2) is 11.1. The summed E-state index contributed by atoms with van der Waals surface area (Å²) >= 11 is 0. The quantitative estimate of drug-likeness (QED) is 0.368. The predicted octanol–water partition coefficient (Wildman–Crippen LogP) is 3.49. The van der Waals surface area contributed by atoms with Crippen LogP contribution in [0.3, 0.4) is 0 Å². The van der Waals surface area contributed by atoms with Gasteiger partial charge in [0.25, 0.3) is 0 Å². The second-order valence-electron chi connectivity index (χ2n) is 9.57. The van der Waals surface area contributed by atoms with Crippen LogP contribution in [0.4, 0.5) is 0 Å². The van der Waals surface area contributed by atoms with Crippen LogP contribution in [0.2, 0.25) is 0 Å². The Labute approximate surface area is 180 Å². The Kier molecular flexibility index (Phi) is 9.74. The number of hydrogen-bond donors (Lipinski definition) is 3. The Morgan fingerprint density at radius 1 is 1.33 bits per heavy atom. The zero-order valence-electron chi connectivity index (χ0n) is 19.0. The van der Waals surface area contributed by atoms with E-state index >= 15 is 0 Å². The molecule has 0 saturated heterocycles. The summed E-state index contributed by atoms with van der Waals surface area (Å²) in [7, 11) is 0. The molecule has 1 fully saturated rings.